The fourth-order valence-corrected chi connectivity index (χ4v) is 3.56. The van der Waals surface area contributed by atoms with Crippen LogP contribution in [0, 0.1) is 0 Å². The summed E-state index contributed by atoms with van der Waals surface area (Å²) in [6.07, 6.45) is 3.72. The molecule has 4 rings (SSSR count). The number of hydrogen-bond acceptors (Lipinski definition) is 4. The summed E-state index contributed by atoms with van der Waals surface area (Å²) in [5, 5.41) is 13.4. The number of aromatic hydroxyl groups is 1. The molecule has 2 aromatic carbocycles. The second-order valence-corrected chi connectivity index (χ2v) is 7.24. The molecular weight excluding hydrogens is 382 g/mol. The minimum Gasteiger partial charge on any atom is -0.508 e. The van der Waals surface area contributed by atoms with E-state index in [2.05, 4.69) is 10.3 Å². The van der Waals surface area contributed by atoms with E-state index in [1.807, 2.05) is 41.1 Å². The average molecular weight is 396 g/mol. The summed E-state index contributed by atoms with van der Waals surface area (Å²) in [7, 11) is 0. The molecule has 1 aromatic heterocycles. The zero-order chi connectivity index (χ0) is 18.8. The van der Waals surface area contributed by atoms with E-state index >= 15 is 0 Å². The van der Waals surface area contributed by atoms with Crippen molar-refractivity contribution in [2.75, 3.05) is 0 Å². The maximum absolute atomic E-state index is 12.3. The number of amides is 1. The fraction of sp³-hybridized carbons (Fsp3) is 0. The molecule has 0 saturated carbocycles. The molecule has 1 aliphatic heterocycles. The zero-order valence-electron chi connectivity index (χ0n) is 14.0. The smallest absolute Gasteiger partial charge is 0.264 e. The first-order valence-electron chi connectivity index (χ1n) is 8.10. The van der Waals surface area contributed by atoms with Gasteiger partial charge in [0, 0.05) is 22.6 Å². The number of aliphatic imine (C=N–C) groups is 1. The van der Waals surface area contributed by atoms with Crippen molar-refractivity contribution in [2.24, 2.45) is 4.99 Å². The number of nitrogens with one attached hydrogen (secondary N) is 1. The van der Waals surface area contributed by atoms with Gasteiger partial charge in [0.2, 0.25) is 0 Å². The molecule has 0 atom stereocenters. The van der Waals surface area contributed by atoms with E-state index in [1.165, 1.54) is 11.8 Å². The highest BCUT2D eigenvalue weighted by Crippen LogP contribution is 2.29. The Labute approximate surface area is 165 Å². The Hall–Kier alpha value is -2.96. The summed E-state index contributed by atoms with van der Waals surface area (Å²) in [5.74, 6) is 0.0192. The molecule has 0 bridgehead atoms. The van der Waals surface area contributed by atoms with Gasteiger partial charge in [0.15, 0.2) is 5.17 Å². The van der Waals surface area contributed by atoms with Crippen molar-refractivity contribution in [3.8, 4) is 11.4 Å². The van der Waals surface area contributed by atoms with Gasteiger partial charge in [-0.15, -0.1) is 0 Å². The lowest BCUT2D eigenvalue weighted by molar-refractivity contribution is -0.115. The highest BCUT2D eigenvalue weighted by atomic mass is 35.5. The van der Waals surface area contributed by atoms with Crippen LogP contribution >= 0.6 is 23.4 Å². The lowest BCUT2D eigenvalue weighted by Crippen LogP contribution is -2.19. The minimum absolute atomic E-state index is 0.189. The third-order valence-corrected chi connectivity index (χ3v) is 5.06. The van der Waals surface area contributed by atoms with Crippen LogP contribution in [0.5, 0.6) is 5.75 Å². The summed E-state index contributed by atoms with van der Waals surface area (Å²) < 4.78 is 1.94. The average Bonchev–Trinajstić information content (AvgIpc) is 3.25. The number of thioether (sulfide) groups is 1. The summed E-state index contributed by atoms with van der Waals surface area (Å²) in [5.41, 5.74) is 2.46. The van der Waals surface area contributed by atoms with Crippen molar-refractivity contribution < 1.29 is 9.90 Å². The number of phenols is 1. The molecule has 3 aromatic rings. The third kappa shape index (κ3) is 3.92. The Balaban J connectivity index is 1.60. The Morgan fingerprint density at radius 3 is 2.56 bits per heavy atom. The van der Waals surface area contributed by atoms with Crippen molar-refractivity contribution in [1.29, 1.82) is 0 Å². The first-order chi connectivity index (χ1) is 13.1. The van der Waals surface area contributed by atoms with E-state index < -0.39 is 0 Å². The van der Waals surface area contributed by atoms with Crippen molar-refractivity contribution in [1.82, 2.24) is 9.88 Å². The van der Waals surface area contributed by atoms with Crippen molar-refractivity contribution in [3.63, 3.8) is 0 Å². The number of aromatic nitrogens is 1. The van der Waals surface area contributed by atoms with E-state index in [4.69, 9.17) is 11.6 Å². The van der Waals surface area contributed by atoms with Gasteiger partial charge in [-0.05, 0) is 78.5 Å². The molecule has 2 N–H and O–H groups in total. The number of amidine groups is 1. The fourth-order valence-electron chi connectivity index (χ4n) is 2.61. The number of benzene rings is 2. The lowest BCUT2D eigenvalue weighted by Gasteiger charge is -2.06. The normalized spacial score (nSPS) is 16.9. The summed E-state index contributed by atoms with van der Waals surface area (Å²) in [6, 6.07) is 17.8. The third-order valence-electron chi connectivity index (χ3n) is 3.90. The van der Waals surface area contributed by atoms with Crippen LogP contribution in [0.15, 0.2) is 76.8 Å². The van der Waals surface area contributed by atoms with Crippen molar-refractivity contribution in [2.45, 2.75) is 0 Å². The minimum atomic E-state index is -0.189. The van der Waals surface area contributed by atoms with E-state index in [1.54, 1.807) is 36.4 Å². The van der Waals surface area contributed by atoms with Crippen molar-refractivity contribution >= 4 is 46.2 Å². The summed E-state index contributed by atoms with van der Waals surface area (Å²) in [4.78, 5) is 17.3. The standard InChI is InChI=1S/C20H14ClN3O2S/c21-13-3-5-14(6-4-13)22-20-23-19(26)18(27-20)12-16-2-1-11-24(16)15-7-9-17(25)10-8-15/h1-12,25H,(H,22,23,26)/b18-12-. The van der Waals surface area contributed by atoms with Crippen LogP contribution in [0.1, 0.15) is 5.69 Å². The molecule has 1 fully saturated rings. The highest BCUT2D eigenvalue weighted by molar-refractivity contribution is 8.18. The molecule has 5 nitrogen and oxygen atoms in total. The van der Waals surface area contributed by atoms with Crippen LogP contribution in [-0.2, 0) is 4.79 Å². The highest BCUT2D eigenvalue weighted by Gasteiger charge is 2.24. The monoisotopic (exact) mass is 395 g/mol. The number of hydrogen-bond donors (Lipinski definition) is 2. The topological polar surface area (TPSA) is 66.6 Å². The molecular formula is C20H14ClN3O2S. The largest absolute Gasteiger partial charge is 0.508 e. The molecule has 7 heteroatoms. The first kappa shape index (κ1) is 17.5. The Bertz CT molecular complexity index is 1050. The maximum atomic E-state index is 12.3. The van der Waals surface area contributed by atoms with Crippen LogP contribution in [0.3, 0.4) is 0 Å². The number of nitrogens with zero attached hydrogens (tertiary/aromatic N) is 2. The zero-order valence-corrected chi connectivity index (χ0v) is 15.5. The predicted molar refractivity (Wildman–Crippen MR) is 110 cm³/mol. The Kier molecular flexibility index (Phi) is 4.75. The second kappa shape index (κ2) is 7.34. The molecule has 134 valence electrons. The number of rotatable bonds is 3. The van der Waals surface area contributed by atoms with E-state index in [0.717, 1.165) is 17.1 Å². The molecule has 2 heterocycles. The number of phenolic OH excluding ortho intramolecular Hbond substituents is 1. The lowest BCUT2D eigenvalue weighted by atomic mass is 10.3. The van der Waals surface area contributed by atoms with Crippen LogP contribution in [0.2, 0.25) is 5.02 Å². The van der Waals surface area contributed by atoms with Gasteiger partial charge in [0.1, 0.15) is 5.75 Å². The molecule has 0 aliphatic carbocycles. The molecule has 27 heavy (non-hydrogen) atoms. The predicted octanol–water partition coefficient (Wildman–Crippen LogP) is 4.73. The molecule has 0 spiro atoms. The van der Waals surface area contributed by atoms with Crippen molar-refractivity contribution in [3.05, 3.63) is 82.5 Å². The maximum Gasteiger partial charge on any atom is 0.264 e. The van der Waals surface area contributed by atoms with Gasteiger partial charge >= 0.3 is 0 Å². The van der Waals surface area contributed by atoms with Gasteiger partial charge < -0.3 is 15.0 Å². The first-order valence-corrected chi connectivity index (χ1v) is 9.30. The van der Waals surface area contributed by atoms with Crippen LogP contribution in [-0.4, -0.2) is 20.7 Å². The molecule has 0 unspecified atom stereocenters. The number of halogens is 1. The van der Waals surface area contributed by atoms with Gasteiger partial charge in [-0.2, -0.15) is 0 Å². The molecule has 1 saturated heterocycles. The Morgan fingerprint density at radius 2 is 1.81 bits per heavy atom. The quantitative estimate of drug-likeness (QED) is 0.630. The SMILES string of the molecule is O=C1NC(=Nc2ccc(Cl)cc2)S/C1=C\c1cccn1-c1ccc(O)cc1. The van der Waals surface area contributed by atoms with Gasteiger partial charge in [0.25, 0.3) is 5.91 Å². The van der Waals surface area contributed by atoms with E-state index in [-0.39, 0.29) is 11.7 Å². The number of carbonyl (C=O) groups excluding carboxylic acids is 1. The molecule has 1 aliphatic rings. The number of carbonyl (C=O) groups is 1. The summed E-state index contributed by atoms with van der Waals surface area (Å²) in [6.45, 7) is 0. The van der Waals surface area contributed by atoms with Gasteiger partial charge in [-0.3, -0.25) is 4.79 Å². The van der Waals surface area contributed by atoms with Gasteiger partial charge in [0.05, 0.1) is 10.6 Å². The van der Waals surface area contributed by atoms with E-state index in [0.29, 0.717) is 15.1 Å². The van der Waals surface area contributed by atoms with Crippen LogP contribution in [0.25, 0.3) is 11.8 Å². The molecule has 0 radical (unpaired) electrons. The second-order valence-electron chi connectivity index (χ2n) is 5.78. The summed E-state index contributed by atoms with van der Waals surface area (Å²) >= 11 is 7.17. The van der Waals surface area contributed by atoms with Crippen LogP contribution < -0.4 is 5.32 Å². The van der Waals surface area contributed by atoms with Gasteiger partial charge in [-0.25, -0.2) is 4.99 Å². The van der Waals surface area contributed by atoms with Crippen LogP contribution in [0.4, 0.5) is 5.69 Å². The molecule has 1 amide bonds. The Morgan fingerprint density at radius 1 is 1.07 bits per heavy atom. The van der Waals surface area contributed by atoms with E-state index in [9.17, 15) is 9.90 Å². The van der Waals surface area contributed by atoms with Gasteiger partial charge in [-0.1, -0.05) is 11.6 Å².